The van der Waals surface area contributed by atoms with Crippen LogP contribution >= 0.6 is 11.6 Å². The van der Waals surface area contributed by atoms with Crippen LogP contribution in [0.5, 0.6) is 17.2 Å². The smallest absolute Gasteiger partial charge is 0.326 e. The Morgan fingerprint density at radius 3 is 2.31 bits per heavy atom. The van der Waals surface area contributed by atoms with E-state index < -0.39 is 18.1 Å². The van der Waals surface area contributed by atoms with Crippen LogP contribution in [0.4, 0.5) is 0 Å². The minimum absolute atomic E-state index is 0.0266. The molecule has 1 atom stereocenters. The normalized spacial score (nSPS) is 12.1. The number of nitrogens with one attached hydrogen (secondary N) is 1. The van der Waals surface area contributed by atoms with Crippen molar-refractivity contribution in [2.75, 3.05) is 13.7 Å². The number of pyridine rings is 1. The van der Waals surface area contributed by atoms with E-state index in [0.29, 0.717) is 39.8 Å². The van der Waals surface area contributed by atoms with Crippen molar-refractivity contribution in [1.82, 2.24) is 10.3 Å². The van der Waals surface area contributed by atoms with E-state index in [0.717, 1.165) is 50.3 Å². The first-order chi connectivity index (χ1) is 25.0. The average molecular weight is 721 g/mol. The maximum Gasteiger partial charge on any atom is 0.326 e. The number of nitrogens with zero attached hydrogens (tertiary/aromatic N) is 2. The van der Waals surface area contributed by atoms with Crippen molar-refractivity contribution in [2.45, 2.75) is 52.6 Å². The molecule has 0 spiro atoms. The van der Waals surface area contributed by atoms with Crippen LogP contribution < -0.4 is 25.3 Å². The maximum atomic E-state index is 11.8. The molecule has 0 radical (unpaired) electrons. The van der Waals surface area contributed by atoms with Gasteiger partial charge in [0.05, 0.1) is 24.3 Å². The van der Waals surface area contributed by atoms with Gasteiger partial charge >= 0.3 is 5.97 Å². The Kier molecular flexibility index (Phi) is 12.2. The van der Waals surface area contributed by atoms with Crippen LogP contribution in [-0.4, -0.2) is 40.4 Å². The van der Waals surface area contributed by atoms with Gasteiger partial charge in [0.25, 0.3) is 0 Å². The molecule has 0 saturated heterocycles. The number of halogens is 1. The molecule has 5 rings (SSSR count). The summed E-state index contributed by atoms with van der Waals surface area (Å²) in [5.74, 6) is 0.308. The Labute approximate surface area is 308 Å². The molecule has 11 heteroatoms. The Balaban J connectivity index is 1.42. The molecule has 52 heavy (non-hydrogen) atoms. The summed E-state index contributed by atoms with van der Waals surface area (Å²) in [5, 5.41) is 31.9. The summed E-state index contributed by atoms with van der Waals surface area (Å²) in [6, 6.07) is 25.5. The van der Waals surface area contributed by atoms with Crippen LogP contribution in [0.2, 0.25) is 5.02 Å². The van der Waals surface area contributed by atoms with Crippen molar-refractivity contribution in [3.05, 3.63) is 129 Å². The van der Waals surface area contributed by atoms with Gasteiger partial charge in [-0.25, -0.2) is 0 Å². The van der Waals surface area contributed by atoms with Crippen LogP contribution in [0.3, 0.4) is 0 Å². The molecule has 4 aromatic carbocycles. The zero-order chi connectivity index (χ0) is 37.4. The van der Waals surface area contributed by atoms with Crippen LogP contribution in [-0.2, 0) is 31.1 Å². The fraction of sp³-hybridized carbons (Fsp3) is 0.244. The van der Waals surface area contributed by atoms with E-state index in [-0.39, 0.29) is 19.8 Å². The second-order valence-electron chi connectivity index (χ2n) is 12.6. The number of carbonyl (C=O) groups is 1. The molecule has 1 aromatic heterocycles. The summed E-state index contributed by atoms with van der Waals surface area (Å²) < 4.78 is 18.0. The van der Waals surface area contributed by atoms with E-state index in [4.69, 9.17) is 31.5 Å². The molecular formula is C41H41ClN4O6. The predicted octanol–water partition coefficient (Wildman–Crippen LogP) is 7.11. The third-order valence-electron chi connectivity index (χ3n) is 9.16. The molecule has 0 unspecified atom stereocenters. The van der Waals surface area contributed by atoms with E-state index in [1.807, 2.05) is 24.3 Å². The number of hydrogen-bond acceptors (Lipinski definition) is 9. The van der Waals surface area contributed by atoms with Gasteiger partial charge in [-0.05, 0) is 84.0 Å². The van der Waals surface area contributed by atoms with Crippen molar-refractivity contribution in [3.63, 3.8) is 0 Å². The van der Waals surface area contributed by atoms with Crippen molar-refractivity contribution >= 4 is 17.6 Å². The molecule has 5 N–H and O–H groups in total. The molecule has 268 valence electrons. The number of methoxy groups -OCH3 is 1. The second kappa shape index (κ2) is 16.7. The van der Waals surface area contributed by atoms with Gasteiger partial charge in [-0.15, -0.1) is 0 Å². The number of aliphatic hydroxyl groups is 1. The van der Waals surface area contributed by atoms with Crippen molar-refractivity contribution in [2.24, 2.45) is 5.73 Å². The van der Waals surface area contributed by atoms with E-state index in [2.05, 4.69) is 60.5 Å². The highest BCUT2D eigenvalue weighted by Gasteiger charge is 2.32. The van der Waals surface area contributed by atoms with Gasteiger partial charge in [-0.2, -0.15) is 5.26 Å². The third-order valence-corrected chi connectivity index (χ3v) is 9.45. The average Bonchev–Trinajstić information content (AvgIpc) is 3.16. The molecular weight excluding hydrogens is 680 g/mol. The number of rotatable bonds is 15. The fourth-order valence-corrected chi connectivity index (χ4v) is 6.11. The van der Waals surface area contributed by atoms with E-state index in [9.17, 15) is 20.3 Å². The molecule has 0 amide bonds. The van der Waals surface area contributed by atoms with Crippen LogP contribution in [0, 0.1) is 25.2 Å². The monoisotopic (exact) mass is 720 g/mol. The van der Waals surface area contributed by atoms with E-state index >= 15 is 0 Å². The summed E-state index contributed by atoms with van der Waals surface area (Å²) in [7, 11) is 1.64. The highest BCUT2D eigenvalue weighted by molar-refractivity contribution is 6.32. The zero-order valence-corrected chi connectivity index (χ0v) is 30.3. The van der Waals surface area contributed by atoms with E-state index in [1.165, 1.54) is 13.1 Å². The largest absolute Gasteiger partial charge is 0.496 e. The molecule has 0 aliphatic carbocycles. The standard InChI is InChI=1S/C41H41ClN4O6/c1-25-30(7-5-9-34(25)35-10-6-8-33(26(35)2)29-11-12-37(50-4)31(14-29)18-44)23-52-39-16-38(51-22-28-13-27(17-43)19-45-20-28)32(15-36(39)42)21-46-41(3,24-47)40(48)49/h5-16,19-20,46-47H,18,21-24,44H2,1-4H3,(H,48,49)/t41-/m0/s1. The molecule has 5 aromatic rings. The molecule has 1 heterocycles. The molecule has 0 saturated carbocycles. The highest BCUT2D eigenvalue weighted by atomic mass is 35.5. The predicted molar refractivity (Wildman–Crippen MR) is 200 cm³/mol. The molecule has 0 fully saturated rings. The lowest BCUT2D eigenvalue weighted by atomic mass is 9.89. The highest BCUT2D eigenvalue weighted by Crippen LogP contribution is 2.37. The quantitative estimate of drug-likeness (QED) is 0.0878. The number of carboxylic acid groups (broad SMARTS) is 1. The topological polar surface area (TPSA) is 160 Å². The first-order valence-corrected chi connectivity index (χ1v) is 17.0. The number of aliphatic hydroxyl groups excluding tert-OH is 1. The number of nitriles is 1. The molecule has 0 bridgehead atoms. The van der Waals surface area contributed by atoms with Gasteiger partial charge in [0, 0.05) is 48.2 Å². The first kappa shape index (κ1) is 37.8. The number of aliphatic carboxylic acids is 1. The number of carboxylic acids is 1. The number of aromatic nitrogens is 1. The van der Waals surface area contributed by atoms with Crippen molar-refractivity contribution in [3.8, 4) is 45.6 Å². The minimum atomic E-state index is -1.59. The van der Waals surface area contributed by atoms with Gasteiger partial charge in [-0.1, -0.05) is 54.1 Å². The molecule has 10 nitrogen and oxygen atoms in total. The summed E-state index contributed by atoms with van der Waals surface area (Å²) in [6.07, 6.45) is 3.06. The van der Waals surface area contributed by atoms with Gasteiger partial charge in [-0.3, -0.25) is 15.1 Å². The number of hydrogen-bond donors (Lipinski definition) is 4. The van der Waals surface area contributed by atoms with Crippen molar-refractivity contribution in [1.29, 1.82) is 5.26 Å². The first-order valence-electron chi connectivity index (χ1n) is 16.6. The van der Waals surface area contributed by atoms with Gasteiger partial charge in [0.1, 0.15) is 42.1 Å². The lowest BCUT2D eigenvalue weighted by Crippen LogP contribution is -2.52. The Hall–Kier alpha value is -5.44. The Morgan fingerprint density at radius 2 is 1.62 bits per heavy atom. The summed E-state index contributed by atoms with van der Waals surface area (Å²) >= 11 is 6.74. The van der Waals surface area contributed by atoms with Crippen LogP contribution in [0.15, 0.2) is 85.2 Å². The lowest BCUT2D eigenvalue weighted by Gasteiger charge is -2.25. The number of nitrogens with two attached hydrogens (primary N) is 1. The Bertz CT molecular complexity index is 2130. The summed E-state index contributed by atoms with van der Waals surface area (Å²) in [4.78, 5) is 15.9. The SMILES string of the molecule is COc1ccc(-c2cccc(-c3cccc(COc4cc(OCc5cncc(C#N)c5)c(CN[C@@](C)(CO)C(=O)O)cc4Cl)c3C)c2C)cc1CN. The van der Waals surface area contributed by atoms with E-state index in [1.54, 1.807) is 31.5 Å². The molecule has 0 aliphatic rings. The van der Waals surface area contributed by atoms with Gasteiger partial charge in [0.15, 0.2) is 0 Å². The maximum absolute atomic E-state index is 11.8. The minimum Gasteiger partial charge on any atom is -0.496 e. The van der Waals surface area contributed by atoms with Gasteiger partial charge in [0.2, 0.25) is 0 Å². The number of benzene rings is 4. The van der Waals surface area contributed by atoms with Crippen molar-refractivity contribution < 1.29 is 29.2 Å². The summed E-state index contributed by atoms with van der Waals surface area (Å²) in [6.45, 7) is 5.63. The number of ether oxygens (including phenoxy) is 3. The molecule has 0 aliphatic heterocycles. The van der Waals surface area contributed by atoms with Crippen LogP contribution in [0.25, 0.3) is 22.3 Å². The Morgan fingerprint density at radius 1 is 0.904 bits per heavy atom. The third kappa shape index (κ3) is 8.36. The lowest BCUT2D eigenvalue weighted by molar-refractivity contribution is -0.145. The van der Waals surface area contributed by atoms with Crippen LogP contribution in [0.1, 0.15) is 45.9 Å². The fourth-order valence-electron chi connectivity index (χ4n) is 5.87. The zero-order valence-electron chi connectivity index (χ0n) is 29.5. The van der Waals surface area contributed by atoms with Gasteiger partial charge < -0.3 is 30.2 Å². The second-order valence-corrected chi connectivity index (χ2v) is 13.0. The summed E-state index contributed by atoms with van der Waals surface area (Å²) in [5.41, 5.74) is 14.4.